The van der Waals surface area contributed by atoms with Crippen LogP contribution in [0, 0.1) is 19.7 Å². The zero-order chi connectivity index (χ0) is 18.7. The van der Waals surface area contributed by atoms with Gasteiger partial charge in [0.1, 0.15) is 22.2 Å². The molecule has 3 nitrogen and oxygen atoms in total. The molecule has 0 bridgehead atoms. The van der Waals surface area contributed by atoms with E-state index in [0.29, 0.717) is 16.4 Å². The van der Waals surface area contributed by atoms with Gasteiger partial charge >= 0.3 is 5.97 Å². The summed E-state index contributed by atoms with van der Waals surface area (Å²) in [5, 5.41) is 9.82. The lowest BCUT2D eigenvalue weighted by molar-refractivity contribution is 0.0739. The van der Waals surface area contributed by atoms with E-state index in [1.54, 1.807) is 6.07 Å². The Balaban J connectivity index is 1.71. The number of aromatic hydroxyl groups is 1. The molecule has 0 unspecified atom stereocenters. The van der Waals surface area contributed by atoms with Gasteiger partial charge in [-0.25, -0.2) is 9.18 Å². The Morgan fingerprint density at radius 3 is 2.35 bits per heavy atom. The molecule has 3 rings (SSSR count). The molecule has 26 heavy (non-hydrogen) atoms. The molecule has 0 spiro atoms. The molecule has 0 radical (unpaired) electrons. The Bertz CT molecular complexity index is 948. The first-order valence-corrected chi connectivity index (χ1v) is 8.80. The maximum Gasteiger partial charge on any atom is 0.353 e. The third-order valence-electron chi connectivity index (χ3n) is 3.81. The molecule has 3 aromatic rings. The zero-order valence-corrected chi connectivity index (χ0v) is 15.1. The predicted molar refractivity (Wildman–Crippen MR) is 102 cm³/mol. The lowest BCUT2D eigenvalue weighted by Crippen LogP contribution is -2.06. The number of benzene rings is 2. The fourth-order valence-corrected chi connectivity index (χ4v) is 3.26. The minimum Gasteiger partial charge on any atom is -0.507 e. The summed E-state index contributed by atoms with van der Waals surface area (Å²) < 4.78 is 18.1. The number of ether oxygens (including phenoxy) is 1. The first-order chi connectivity index (χ1) is 12.4. The molecule has 5 heteroatoms. The molecule has 1 N–H and O–H groups in total. The monoisotopic (exact) mass is 368 g/mol. The number of esters is 1. The molecular formula is C21H17FO3S. The average molecular weight is 368 g/mol. The highest BCUT2D eigenvalue weighted by Crippen LogP contribution is 2.25. The van der Waals surface area contributed by atoms with E-state index in [1.807, 2.05) is 44.2 Å². The predicted octanol–water partition coefficient (Wildman–Crippen LogP) is 5.60. The van der Waals surface area contributed by atoms with Crippen molar-refractivity contribution in [2.75, 3.05) is 0 Å². The van der Waals surface area contributed by atoms with Gasteiger partial charge in [-0.2, -0.15) is 0 Å². The largest absolute Gasteiger partial charge is 0.507 e. The number of phenols is 1. The van der Waals surface area contributed by atoms with Crippen molar-refractivity contribution in [1.29, 1.82) is 0 Å². The zero-order valence-electron chi connectivity index (χ0n) is 14.3. The first-order valence-electron chi connectivity index (χ1n) is 7.98. The molecule has 0 aliphatic rings. The van der Waals surface area contributed by atoms with Crippen LogP contribution >= 0.6 is 11.3 Å². The quantitative estimate of drug-likeness (QED) is 0.482. The van der Waals surface area contributed by atoms with Crippen LogP contribution in [0.5, 0.6) is 11.5 Å². The molecular weight excluding hydrogens is 351 g/mol. The summed E-state index contributed by atoms with van der Waals surface area (Å²) in [6.45, 7) is 3.71. The highest BCUT2D eigenvalue weighted by atomic mass is 32.1. The second kappa shape index (κ2) is 7.54. The topological polar surface area (TPSA) is 46.5 Å². The summed E-state index contributed by atoms with van der Waals surface area (Å²) in [5.41, 5.74) is 2.61. The Hall–Kier alpha value is -2.92. The molecule has 0 aliphatic heterocycles. The van der Waals surface area contributed by atoms with Gasteiger partial charge in [0.25, 0.3) is 0 Å². The van der Waals surface area contributed by atoms with Crippen LogP contribution in [0.3, 0.4) is 0 Å². The molecule has 1 heterocycles. The van der Waals surface area contributed by atoms with Crippen molar-refractivity contribution in [3.63, 3.8) is 0 Å². The lowest BCUT2D eigenvalue weighted by atomic mass is 10.1. The highest BCUT2D eigenvalue weighted by Gasteiger charge is 2.11. The van der Waals surface area contributed by atoms with Crippen LogP contribution in [0.4, 0.5) is 4.39 Å². The van der Waals surface area contributed by atoms with Crippen LogP contribution in [0.25, 0.3) is 12.2 Å². The van der Waals surface area contributed by atoms with Crippen molar-refractivity contribution in [3.05, 3.63) is 80.8 Å². The van der Waals surface area contributed by atoms with Gasteiger partial charge < -0.3 is 9.84 Å². The smallest absolute Gasteiger partial charge is 0.353 e. The highest BCUT2D eigenvalue weighted by molar-refractivity contribution is 7.14. The molecule has 0 saturated carbocycles. The molecule has 1 aromatic heterocycles. The minimum absolute atomic E-state index is 0.303. The third kappa shape index (κ3) is 4.18. The van der Waals surface area contributed by atoms with Gasteiger partial charge in [0.05, 0.1) is 0 Å². The molecule has 0 atom stereocenters. The van der Waals surface area contributed by atoms with Crippen LogP contribution in [0.2, 0.25) is 0 Å². The van der Waals surface area contributed by atoms with E-state index in [0.717, 1.165) is 21.6 Å². The average Bonchev–Trinajstić information content (AvgIpc) is 3.09. The Kier molecular flexibility index (Phi) is 5.19. The fraction of sp³-hybridized carbons (Fsp3) is 0.0952. The number of thiophene rings is 1. The van der Waals surface area contributed by atoms with E-state index in [-0.39, 0.29) is 5.82 Å². The maximum absolute atomic E-state index is 12.9. The van der Waals surface area contributed by atoms with E-state index < -0.39 is 5.97 Å². The number of aryl methyl sites for hydroxylation is 2. The van der Waals surface area contributed by atoms with E-state index in [1.165, 1.54) is 35.6 Å². The van der Waals surface area contributed by atoms with Gasteiger partial charge in [-0.1, -0.05) is 6.08 Å². The molecule has 0 aliphatic carbocycles. The molecule has 132 valence electrons. The standard InChI is InChI=1S/C21H17FO3S/c1-13-11-15(12-14(2)20(13)23)3-8-18-9-10-19(26-18)21(24)25-17-6-4-16(22)5-7-17/h3-12,23H,1-2H3. The second-order valence-corrected chi connectivity index (χ2v) is 7.00. The van der Waals surface area contributed by atoms with Crippen molar-refractivity contribution >= 4 is 29.5 Å². The van der Waals surface area contributed by atoms with Gasteiger partial charge in [-0.3, -0.25) is 0 Å². The van der Waals surface area contributed by atoms with Crippen LogP contribution < -0.4 is 4.74 Å². The summed E-state index contributed by atoms with van der Waals surface area (Å²) in [5.74, 6) is -0.244. The van der Waals surface area contributed by atoms with Gasteiger partial charge in [-0.15, -0.1) is 11.3 Å². The number of rotatable bonds is 4. The van der Waals surface area contributed by atoms with Gasteiger partial charge in [0, 0.05) is 4.88 Å². The minimum atomic E-state index is -0.474. The van der Waals surface area contributed by atoms with Crippen molar-refractivity contribution in [1.82, 2.24) is 0 Å². The van der Waals surface area contributed by atoms with Crippen LogP contribution in [-0.4, -0.2) is 11.1 Å². The summed E-state index contributed by atoms with van der Waals surface area (Å²) in [6, 6.07) is 12.6. The van der Waals surface area contributed by atoms with Gasteiger partial charge in [-0.05, 0) is 85.1 Å². The Morgan fingerprint density at radius 2 is 1.69 bits per heavy atom. The Morgan fingerprint density at radius 1 is 1.04 bits per heavy atom. The first kappa shape index (κ1) is 17.9. The SMILES string of the molecule is Cc1cc(C=Cc2ccc(C(=O)Oc3ccc(F)cc3)s2)cc(C)c1O. The number of halogens is 1. The maximum atomic E-state index is 12.9. The molecule has 0 saturated heterocycles. The van der Waals surface area contributed by atoms with E-state index in [9.17, 15) is 14.3 Å². The van der Waals surface area contributed by atoms with E-state index >= 15 is 0 Å². The van der Waals surface area contributed by atoms with Crippen LogP contribution in [0.1, 0.15) is 31.2 Å². The van der Waals surface area contributed by atoms with Crippen molar-refractivity contribution in [2.45, 2.75) is 13.8 Å². The summed E-state index contributed by atoms with van der Waals surface area (Å²) >= 11 is 1.31. The normalized spacial score (nSPS) is 11.0. The number of carbonyl (C=O) groups is 1. The van der Waals surface area contributed by atoms with E-state index in [4.69, 9.17) is 4.74 Å². The van der Waals surface area contributed by atoms with Gasteiger partial charge in [0.15, 0.2) is 0 Å². The van der Waals surface area contributed by atoms with Crippen molar-refractivity contribution in [2.24, 2.45) is 0 Å². The molecule has 0 fully saturated rings. The second-order valence-electron chi connectivity index (χ2n) is 5.88. The summed E-state index contributed by atoms with van der Waals surface area (Å²) in [4.78, 5) is 13.5. The fourth-order valence-electron chi connectivity index (χ4n) is 2.48. The van der Waals surface area contributed by atoms with Crippen LogP contribution in [0.15, 0.2) is 48.5 Å². The molecule has 0 amide bonds. The summed E-state index contributed by atoms with van der Waals surface area (Å²) in [7, 11) is 0. The lowest BCUT2D eigenvalue weighted by Gasteiger charge is -2.04. The number of hydrogen-bond acceptors (Lipinski definition) is 4. The summed E-state index contributed by atoms with van der Waals surface area (Å²) in [6.07, 6.45) is 3.84. The van der Waals surface area contributed by atoms with Crippen molar-refractivity contribution < 1.29 is 19.0 Å². The van der Waals surface area contributed by atoms with Crippen LogP contribution in [-0.2, 0) is 0 Å². The Labute approximate surface area is 155 Å². The number of hydrogen-bond donors (Lipinski definition) is 1. The third-order valence-corrected chi connectivity index (χ3v) is 4.84. The number of phenolic OH excluding ortho intramolecular Hbond substituents is 1. The van der Waals surface area contributed by atoms with Crippen molar-refractivity contribution in [3.8, 4) is 11.5 Å². The van der Waals surface area contributed by atoms with Gasteiger partial charge in [0.2, 0.25) is 0 Å². The number of carbonyl (C=O) groups excluding carboxylic acids is 1. The molecule has 2 aromatic carbocycles. The van der Waals surface area contributed by atoms with E-state index in [2.05, 4.69) is 0 Å².